The van der Waals surface area contributed by atoms with Crippen molar-refractivity contribution in [2.75, 3.05) is 5.32 Å². The molecule has 0 spiro atoms. The monoisotopic (exact) mass is 305 g/mol. The zero-order valence-corrected chi connectivity index (χ0v) is 13.3. The normalized spacial score (nSPS) is 10.6. The Morgan fingerprint density at radius 1 is 1.38 bits per heavy atom. The number of anilines is 1. The van der Waals surface area contributed by atoms with Gasteiger partial charge in [0.15, 0.2) is 10.9 Å². The van der Waals surface area contributed by atoms with Gasteiger partial charge in [0.2, 0.25) is 0 Å². The fourth-order valence-corrected chi connectivity index (χ4v) is 2.98. The summed E-state index contributed by atoms with van der Waals surface area (Å²) in [4.78, 5) is 31.9. The van der Waals surface area contributed by atoms with Gasteiger partial charge in [0, 0.05) is 16.6 Å². The number of rotatable bonds is 6. The van der Waals surface area contributed by atoms with Crippen LogP contribution >= 0.6 is 11.3 Å². The Bertz CT molecular complexity index is 658. The van der Waals surface area contributed by atoms with E-state index in [0.717, 1.165) is 25.0 Å². The van der Waals surface area contributed by atoms with Gasteiger partial charge in [-0.15, -0.1) is 11.3 Å². The first-order chi connectivity index (χ1) is 10.0. The van der Waals surface area contributed by atoms with Crippen molar-refractivity contribution in [3.05, 3.63) is 34.1 Å². The van der Waals surface area contributed by atoms with Crippen molar-refractivity contribution in [3.63, 3.8) is 0 Å². The maximum Gasteiger partial charge on any atom is 0.273 e. The van der Waals surface area contributed by atoms with Crippen molar-refractivity contribution in [3.8, 4) is 0 Å². The van der Waals surface area contributed by atoms with Gasteiger partial charge in [-0.05, 0) is 25.8 Å². The van der Waals surface area contributed by atoms with Crippen LogP contribution in [0.3, 0.4) is 0 Å². The van der Waals surface area contributed by atoms with Gasteiger partial charge >= 0.3 is 0 Å². The Labute approximate surface area is 127 Å². The number of ketones is 1. The number of H-pyrrole nitrogens is 1. The zero-order valence-electron chi connectivity index (χ0n) is 12.4. The van der Waals surface area contributed by atoms with Gasteiger partial charge in [0.1, 0.15) is 5.69 Å². The third kappa shape index (κ3) is 3.58. The minimum atomic E-state index is -0.276. The number of nitrogens with one attached hydrogen (secondary N) is 2. The second-order valence-corrected chi connectivity index (χ2v) is 5.89. The van der Waals surface area contributed by atoms with Crippen LogP contribution in [0.2, 0.25) is 0 Å². The molecule has 0 bridgehead atoms. The molecule has 0 aliphatic rings. The third-order valence-electron chi connectivity index (χ3n) is 3.14. The maximum absolute atomic E-state index is 12.1. The number of amides is 1. The molecule has 112 valence electrons. The van der Waals surface area contributed by atoms with Crippen LogP contribution in [0.25, 0.3) is 0 Å². The highest BCUT2D eigenvalue weighted by Gasteiger charge is 2.14. The lowest BCUT2D eigenvalue weighted by molar-refractivity contribution is 0.101. The predicted octanol–water partition coefficient (Wildman–Crippen LogP) is 3.44. The summed E-state index contributed by atoms with van der Waals surface area (Å²) in [6.07, 6.45) is 4.41. The molecule has 2 N–H and O–H groups in total. The van der Waals surface area contributed by atoms with Crippen LogP contribution in [0.15, 0.2) is 12.3 Å². The molecule has 0 radical (unpaired) electrons. The lowest BCUT2D eigenvalue weighted by atomic mass is 10.2. The Balaban J connectivity index is 2.13. The Morgan fingerprint density at radius 3 is 2.71 bits per heavy atom. The first-order valence-corrected chi connectivity index (χ1v) is 7.86. The second-order valence-electron chi connectivity index (χ2n) is 4.80. The van der Waals surface area contributed by atoms with E-state index in [1.54, 1.807) is 12.3 Å². The van der Waals surface area contributed by atoms with Gasteiger partial charge < -0.3 is 4.98 Å². The summed E-state index contributed by atoms with van der Waals surface area (Å²) in [7, 11) is 0. The largest absolute Gasteiger partial charge is 0.356 e. The van der Waals surface area contributed by atoms with Crippen LogP contribution in [0.4, 0.5) is 5.13 Å². The van der Waals surface area contributed by atoms with E-state index in [-0.39, 0.29) is 11.7 Å². The summed E-state index contributed by atoms with van der Waals surface area (Å²) >= 11 is 1.51. The molecule has 6 heteroatoms. The highest BCUT2D eigenvalue weighted by atomic mass is 32.1. The van der Waals surface area contributed by atoms with Crippen molar-refractivity contribution < 1.29 is 9.59 Å². The summed E-state index contributed by atoms with van der Waals surface area (Å²) in [6, 6.07) is 1.55. The fraction of sp³-hybridized carbons (Fsp3) is 0.400. The number of carbonyl (C=O) groups excluding carboxylic acids is 2. The van der Waals surface area contributed by atoms with Crippen molar-refractivity contribution in [2.45, 2.75) is 40.0 Å². The Kier molecular flexibility index (Phi) is 4.90. The van der Waals surface area contributed by atoms with Gasteiger partial charge in [0.25, 0.3) is 5.91 Å². The first-order valence-electron chi connectivity index (χ1n) is 7.04. The van der Waals surface area contributed by atoms with E-state index < -0.39 is 0 Å². The van der Waals surface area contributed by atoms with E-state index in [1.807, 2.05) is 0 Å². The number of aromatic amines is 1. The topological polar surface area (TPSA) is 74.8 Å². The second kappa shape index (κ2) is 6.67. The molecule has 1 amide bonds. The molecule has 2 heterocycles. The SMILES string of the molecule is CCCc1nc(NC(=O)c2cc(C(C)=O)c[nH]2)sc1CC. The molecule has 0 atom stereocenters. The highest BCUT2D eigenvalue weighted by Crippen LogP contribution is 2.25. The van der Waals surface area contributed by atoms with E-state index in [0.29, 0.717) is 16.4 Å². The molecule has 2 aromatic rings. The quantitative estimate of drug-likeness (QED) is 0.803. The van der Waals surface area contributed by atoms with Gasteiger partial charge in [-0.1, -0.05) is 20.3 Å². The van der Waals surface area contributed by atoms with E-state index in [2.05, 4.69) is 29.1 Å². The minimum absolute atomic E-state index is 0.0713. The van der Waals surface area contributed by atoms with Crippen LogP contribution in [0.1, 0.15) is 58.6 Å². The van der Waals surface area contributed by atoms with Gasteiger partial charge in [0.05, 0.1) is 5.69 Å². The molecule has 5 nitrogen and oxygen atoms in total. The molecule has 0 fully saturated rings. The number of nitrogens with zero attached hydrogens (tertiary/aromatic N) is 1. The summed E-state index contributed by atoms with van der Waals surface area (Å²) in [6.45, 7) is 5.66. The number of hydrogen-bond donors (Lipinski definition) is 2. The van der Waals surface area contributed by atoms with E-state index >= 15 is 0 Å². The number of aromatic nitrogens is 2. The van der Waals surface area contributed by atoms with E-state index in [9.17, 15) is 9.59 Å². The number of hydrogen-bond acceptors (Lipinski definition) is 4. The van der Waals surface area contributed by atoms with Gasteiger partial charge in [-0.25, -0.2) is 4.98 Å². The number of thiazole rings is 1. The van der Waals surface area contributed by atoms with Crippen LogP contribution in [0.5, 0.6) is 0 Å². The van der Waals surface area contributed by atoms with Crippen molar-refractivity contribution >= 4 is 28.2 Å². The molecule has 2 rings (SSSR count). The maximum atomic E-state index is 12.1. The molecule has 2 aromatic heterocycles. The molecule has 0 aromatic carbocycles. The number of aryl methyl sites for hydroxylation is 2. The molecular formula is C15H19N3O2S. The van der Waals surface area contributed by atoms with Crippen molar-refractivity contribution in [1.82, 2.24) is 9.97 Å². The van der Waals surface area contributed by atoms with Crippen LogP contribution in [-0.4, -0.2) is 21.7 Å². The van der Waals surface area contributed by atoms with E-state index in [4.69, 9.17) is 0 Å². The zero-order chi connectivity index (χ0) is 15.4. The minimum Gasteiger partial charge on any atom is -0.356 e. The first kappa shape index (κ1) is 15.4. The Hall–Kier alpha value is -1.95. The summed E-state index contributed by atoms with van der Waals surface area (Å²) in [5.74, 6) is -0.347. The molecule has 0 aliphatic carbocycles. The van der Waals surface area contributed by atoms with Crippen LogP contribution in [-0.2, 0) is 12.8 Å². The lowest BCUT2D eigenvalue weighted by Crippen LogP contribution is -2.12. The third-order valence-corrected chi connectivity index (χ3v) is 4.30. The number of Topliss-reactive ketones (excluding diaryl/α,β-unsaturated/α-hetero) is 1. The highest BCUT2D eigenvalue weighted by molar-refractivity contribution is 7.15. The average molecular weight is 305 g/mol. The van der Waals surface area contributed by atoms with Gasteiger partial charge in [-0.3, -0.25) is 14.9 Å². The standard InChI is InChI=1S/C15H19N3O2S/c1-4-6-11-13(5-2)21-15(17-11)18-14(20)12-7-10(8-16-12)9(3)19/h7-8,16H,4-6H2,1-3H3,(H,17,18,20). The van der Waals surface area contributed by atoms with Gasteiger partial charge in [-0.2, -0.15) is 0 Å². The van der Waals surface area contributed by atoms with Crippen LogP contribution in [0, 0.1) is 0 Å². The Morgan fingerprint density at radius 2 is 2.14 bits per heavy atom. The predicted molar refractivity (Wildman–Crippen MR) is 84.2 cm³/mol. The molecule has 0 saturated heterocycles. The molecule has 0 saturated carbocycles. The van der Waals surface area contributed by atoms with Crippen molar-refractivity contribution in [1.29, 1.82) is 0 Å². The summed E-state index contributed by atoms with van der Waals surface area (Å²) in [5.41, 5.74) is 1.93. The summed E-state index contributed by atoms with van der Waals surface area (Å²) < 4.78 is 0. The molecule has 0 unspecified atom stereocenters. The van der Waals surface area contributed by atoms with Crippen molar-refractivity contribution in [2.24, 2.45) is 0 Å². The summed E-state index contributed by atoms with van der Waals surface area (Å²) in [5, 5.41) is 3.40. The molecule has 21 heavy (non-hydrogen) atoms. The van der Waals surface area contributed by atoms with Crippen LogP contribution < -0.4 is 5.32 Å². The number of carbonyl (C=O) groups is 2. The molecular weight excluding hydrogens is 286 g/mol. The average Bonchev–Trinajstić information content (AvgIpc) is 3.06. The fourth-order valence-electron chi connectivity index (χ4n) is 2.04. The lowest BCUT2D eigenvalue weighted by Gasteiger charge is -1.98. The molecule has 0 aliphatic heterocycles. The smallest absolute Gasteiger partial charge is 0.273 e. The van der Waals surface area contributed by atoms with E-state index in [1.165, 1.54) is 23.1 Å².